The lowest BCUT2D eigenvalue weighted by molar-refractivity contribution is -0.00711. The van der Waals surface area contributed by atoms with E-state index in [1.54, 1.807) is 24.3 Å². The second kappa shape index (κ2) is 10.4. The molecular weight excluding hydrogens is 410 g/mol. The van der Waals surface area contributed by atoms with Gasteiger partial charge >= 0.3 is 6.09 Å². The van der Waals surface area contributed by atoms with Gasteiger partial charge in [-0.25, -0.2) is 13.6 Å². The largest absolute Gasteiger partial charge is 0.444 e. The number of benzene rings is 2. The van der Waals surface area contributed by atoms with Gasteiger partial charge in [-0.2, -0.15) is 0 Å². The van der Waals surface area contributed by atoms with E-state index in [0.717, 1.165) is 30.4 Å². The van der Waals surface area contributed by atoms with E-state index < -0.39 is 5.60 Å². The first-order valence-corrected chi connectivity index (χ1v) is 11.4. The summed E-state index contributed by atoms with van der Waals surface area (Å²) in [5, 5.41) is 0. The zero-order chi connectivity index (χ0) is 23.3. The van der Waals surface area contributed by atoms with E-state index in [1.165, 1.54) is 24.3 Å². The van der Waals surface area contributed by atoms with E-state index in [0.29, 0.717) is 19.6 Å². The van der Waals surface area contributed by atoms with Gasteiger partial charge in [0, 0.05) is 25.7 Å². The van der Waals surface area contributed by atoms with Crippen molar-refractivity contribution in [2.45, 2.75) is 64.6 Å². The predicted octanol–water partition coefficient (Wildman–Crippen LogP) is 6.17. The topological polar surface area (TPSA) is 32.8 Å². The van der Waals surface area contributed by atoms with Crippen LogP contribution in [0.25, 0.3) is 0 Å². The Morgan fingerprint density at radius 1 is 1.00 bits per heavy atom. The number of hydrogen-bond donors (Lipinski definition) is 0. The number of carbonyl (C=O) groups excluding carboxylic acids is 1. The zero-order valence-corrected chi connectivity index (χ0v) is 19.5. The molecule has 1 saturated heterocycles. The maximum Gasteiger partial charge on any atom is 0.410 e. The lowest BCUT2D eigenvalue weighted by atomic mass is 9.94. The molecule has 32 heavy (non-hydrogen) atoms. The Balaban J connectivity index is 1.89. The third kappa shape index (κ3) is 6.28. The van der Waals surface area contributed by atoms with Gasteiger partial charge < -0.3 is 9.64 Å². The second-order valence-electron chi connectivity index (χ2n) is 9.47. The van der Waals surface area contributed by atoms with Gasteiger partial charge in [-0.05, 0) is 62.6 Å². The summed E-state index contributed by atoms with van der Waals surface area (Å²) in [6.07, 6.45) is 2.65. The maximum absolute atomic E-state index is 13.6. The molecule has 4 nitrogen and oxygen atoms in total. The molecule has 2 aromatic rings. The van der Waals surface area contributed by atoms with Crippen LogP contribution in [0.1, 0.15) is 64.1 Å². The number of nitrogens with zero attached hydrogens (tertiary/aromatic N) is 2. The number of amides is 1. The molecule has 6 heteroatoms. The van der Waals surface area contributed by atoms with Gasteiger partial charge in [0.2, 0.25) is 0 Å². The van der Waals surface area contributed by atoms with Gasteiger partial charge in [-0.15, -0.1) is 0 Å². The number of unbranched alkanes of at least 4 members (excludes halogenated alkanes) is 1. The monoisotopic (exact) mass is 444 g/mol. The van der Waals surface area contributed by atoms with Crippen LogP contribution in [-0.2, 0) is 4.74 Å². The summed E-state index contributed by atoms with van der Waals surface area (Å²) in [7, 11) is 0. The minimum atomic E-state index is -0.547. The van der Waals surface area contributed by atoms with E-state index in [4.69, 9.17) is 4.74 Å². The summed E-state index contributed by atoms with van der Waals surface area (Å²) in [4.78, 5) is 17.0. The lowest BCUT2D eigenvalue weighted by Gasteiger charge is -2.45. The number of piperazine rings is 1. The summed E-state index contributed by atoms with van der Waals surface area (Å²) >= 11 is 0. The van der Waals surface area contributed by atoms with Crippen molar-refractivity contribution in [2.75, 3.05) is 19.6 Å². The average Bonchev–Trinajstić information content (AvgIpc) is 2.74. The molecule has 0 bridgehead atoms. The van der Waals surface area contributed by atoms with Crippen LogP contribution in [0.2, 0.25) is 0 Å². The van der Waals surface area contributed by atoms with Crippen molar-refractivity contribution in [1.29, 1.82) is 0 Å². The molecule has 3 rings (SSSR count). The molecule has 174 valence electrons. The van der Waals surface area contributed by atoms with Crippen molar-refractivity contribution in [3.05, 3.63) is 71.3 Å². The Labute approximate surface area is 190 Å². The third-order valence-electron chi connectivity index (χ3n) is 5.77. The Morgan fingerprint density at radius 2 is 1.53 bits per heavy atom. The first kappa shape index (κ1) is 24.2. The van der Waals surface area contributed by atoms with Crippen molar-refractivity contribution in [3.63, 3.8) is 0 Å². The maximum atomic E-state index is 13.6. The first-order valence-electron chi connectivity index (χ1n) is 11.4. The Bertz CT molecular complexity index is 833. The van der Waals surface area contributed by atoms with Crippen LogP contribution in [0.4, 0.5) is 13.6 Å². The smallest absolute Gasteiger partial charge is 0.410 e. The normalized spacial score (nSPS) is 17.6. The summed E-state index contributed by atoms with van der Waals surface area (Å²) < 4.78 is 32.9. The molecule has 0 aliphatic carbocycles. The zero-order valence-electron chi connectivity index (χ0n) is 19.5. The molecule has 1 atom stereocenters. The van der Waals surface area contributed by atoms with Gasteiger partial charge in [0.15, 0.2) is 0 Å². The highest BCUT2D eigenvalue weighted by molar-refractivity contribution is 5.68. The molecule has 0 N–H and O–H groups in total. The molecule has 0 radical (unpaired) electrons. The van der Waals surface area contributed by atoms with Crippen molar-refractivity contribution in [3.8, 4) is 0 Å². The van der Waals surface area contributed by atoms with Crippen molar-refractivity contribution in [2.24, 2.45) is 0 Å². The molecule has 1 aliphatic heterocycles. The fourth-order valence-electron chi connectivity index (χ4n) is 4.27. The molecule has 0 saturated carbocycles. The Kier molecular flexibility index (Phi) is 7.88. The van der Waals surface area contributed by atoms with Crippen LogP contribution in [0, 0.1) is 11.6 Å². The second-order valence-corrected chi connectivity index (χ2v) is 9.47. The Morgan fingerprint density at radius 3 is 2.00 bits per heavy atom. The van der Waals surface area contributed by atoms with Crippen LogP contribution in [0.15, 0.2) is 48.5 Å². The van der Waals surface area contributed by atoms with Gasteiger partial charge in [0.1, 0.15) is 17.2 Å². The van der Waals surface area contributed by atoms with Crippen LogP contribution in [-0.4, -0.2) is 47.2 Å². The summed E-state index contributed by atoms with van der Waals surface area (Å²) in [5.74, 6) is -0.579. The van der Waals surface area contributed by atoms with Crippen molar-refractivity contribution < 1.29 is 18.3 Å². The number of ether oxygens (including phenoxy) is 1. The fraction of sp³-hybridized carbons (Fsp3) is 0.500. The summed E-state index contributed by atoms with van der Waals surface area (Å²) in [6.45, 7) is 9.62. The molecule has 2 aromatic carbocycles. The van der Waals surface area contributed by atoms with Gasteiger partial charge in [-0.1, -0.05) is 44.0 Å². The first-order chi connectivity index (χ1) is 15.2. The van der Waals surface area contributed by atoms with E-state index in [1.807, 2.05) is 25.7 Å². The van der Waals surface area contributed by atoms with Crippen LogP contribution >= 0.6 is 0 Å². The summed E-state index contributed by atoms with van der Waals surface area (Å²) in [6, 6.07) is 12.8. The van der Waals surface area contributed by atoms with E-state index in [2.05, 4.69) is 11.8 Å². The van der Waals surface area contributed by atoms with Crippen molar-refractivity contribution in [1.82, 2.24) is 9.80 Å². The van der Waals surface area contributed by atoms with E-state index in [-0.39, 0.29) is 29.8 Å². The van der Waals surface area contributed by atoms with Gasteiger partial charge in [-0.3, -0.25) is 4.90 Å². The quantitative estimate of drug-likeness (QED) is 0.534. The molecule has 1 amide bonds. The third-order valence-corrected chi connectivity index (χ3v) is 5.77. The van der Waals surface area contributed by atoms with Crippen LogP contribution in [0.3, 0.4) is 0 Å². The molecule has 1 aliphatic rings. The predicted molar refractivity (Wildman–Crippen MR) is 122 cm³/mol. The molecule has 1 fully saturated rings. The number of halogens is 2. The van der Waals surface area contributed by atoms with Gasteiger partial charge in [0.05, 0.1) is 6.04 Å². The standard InChI is InChI=1S/C26H34F2N2O2/c1-5-6-7-23-18-29(16-17-30(23)25(31)32-26(2,3)4)24(19-8-12-21(27)13-9-19)20-10-14-22(28)15-11-20/h8-15,23-24H,5-7,16-18H2,1-4H3/t23-/m0/s1. The number of carbonyl (C=O) groups is 1. The minimum absolute atomic E-state index is 0.0157. The Hall–Kier alpha value is -2.47. The number of rotatable bonds is 6. The summed E-state index contributed by atoms with van der Waals surface area (Å²) in [5.41, 5.74) is 1.34. The molecule has 0 spiro atoms. The molecule has 0 aromatic heterocycles. The van der Waals surface area contributed by atoms with E-state index >= 15 is 0 Å². The van der Waals surface area contributed by atoms with Crippen LogP contribution in [0.5, 0.6) is 0 Å². The van der Waals surface area contributed by atoms with Gasteiger partial charge in [0.25, 0.3) is 0 Å². The van der Waals surface area contributed by atoms with Crippen molar-refractivity contribution >= 4 is 6.09 Å². The van der Waals surface area contributed by atoms with Crippen LogP contribution < -0.4 is 0 Å². The highest BCUT2D eigenvalue weighted by atomic mass is 19.1. The highest BCUT2D eigenvalue weighted by Gasteiger charge is 2.36. The average molecular weight is 445 g/mol. The SMILES string of the molecule is CCCC[C@H]1CN(C(c2ccc(F)cc2)c2ccc(F)cc2)CCN1C(=O)OC(C)(C)C. The fourth-order valence-corrected chi connectivity index (χ4v) is 4.27. The molecule has 0 unspecified atom stereocenters. The minimum Gasteiger partial charge on any atom is -0.444 e. The lowest BCUT2D eigenvalue weighted by Crippen LogP contribution is -2.56. The van der Waals surface area contributed by atoms with E-state index in [9.17, 15) is 13.6 Å². The highest BCUT2D eigenvalue weighted by Crippen LogP contribution is 2.32. The molecular formula is C26H34F2N2O2. The number of hydrogen-bond acceptors (Lipinski definition) is 3. The molecule has 1 heterocycles.